The first-order valence-electron chi connectivity index (χ1n) is 8.35. The van der Waals surface area contributed by atoms with E-state index < -0.39 is 0 Å². The van der Waals surface area contributed by atoms with E-state index in [0.717, 1.165) is 37.3 Å². The van der Waals surface area contributed by atoms with Gasteiger partial charge >= 0.3 is 0 Å². The van der Waals surface area contributed by atoms with Crippen LogP contribution in [-0.4, -0.2) is 30.0 Å². The third kappa shape index (κ3) is 3.63. The Morgan fingerprint density at radius 3 is 2.52 bits per heavy atom. The molecule has 23 heavy (non-hydrogen) atoms. The van der Waals surface area contributed by atoms with Gasteiger partial charge < -0.3 is 10.2 Å². The third-order valence-corrected chi connectivity index (χ3v) is 4.42. The normalized spacial score (nSPS) is 16.6. The van der Waals surface area contributed by atoms with Gasteiger partial charge in [-0.05, 0) is 31.0 Å². The summed E-state index contributed by atoms with van der Waals surface area (Å²) in [4.78, 5) is 19.2. The van der Waals surface area contributed by atoms with Crippen LogP contribution in [0.3, 0.4) is 0 Å². The standard InChI is InChI=1S/C19H25N3O/c1-19(2,3)18(23)20-15-10-12-22(13-11-15)17-9-8-14-6-4-5-7-16(14)21-17/h4-9,15H,10-13H2,1-3H3,(H,20,23). The van der Waals surface area contributed by atoms with Gasteiger partial charge in [-0.2, -0.15) is 0 Å². The van der Waals surface area contributed by atoms with Gasteiger partial charge in [-0.25, -0.2) is 4.98 Å². The van der Waals surface area contributed by atoms with E-state index in [4.69, 9.17) is 4.98 Å². The molecule has 0 saturated carbocycles. The molecule has 1 aromatic heterocycles. The van der Waals surface area contributed by atoms with Crippen LogP contribution in [0.15, 0.2) is 36.4 Å². The first-order chi connectivity index (χ1) is 10.9. The van der Waals surface area contributed by atoms with Crippen molar-refractivity contribution in [1.82, 2.24) is 10.3 Å². The van der Waals surface area contributed by atoms with Crippen molar-refractivity contribution in [3.8, 4) is 0 Å². The fourth-order valence-corrected chi connectivity index (χ4v) is 2.89. The van der Waals surface area contributed by atoms with Crippen LogP contribution in [0.5, 0.6) is 0 Å². The molecule has 0 aliphatic carbocycles. The van der Waals surface area contributed by atoms with Gasteiger partial charge in [0.15, 0.2) is 0 Å². The number of hydrogen-bond acceptors (Lipinski definition) is 3. The highest BCUT2D eigenvalue weighted by atomic mass is 16.2. The van der Waals surface area contributed by atoms with Crippen LogP contribution in [0, 0.1) is 5.41 Å². The second kappa shape index (κ2) is 6.19. The van der Waals surface area contributed by atoms with Crippen LogP contribution in [0.4, 0.5) is 5.82 Å². The predicted octanol–water partition coefficient (Wildman–Crippen LogP) is 3.37. The van der Waals surface area contributed by atoms with E-state index in [1.54, 1.807) is 0 Å². The number of nitrogens with zero attached hydrogens (tertiary/aromatic N) is 2. The second-order valence-electron chi connectivity index (χ2n) is 7.35. The zero-order valence-corrected chi connectivity index (χ0v) is 14.2. The van der Waals surface area contributed by atoms with Gasteiger partial charge in [0.05, 0.1) is 5.52 Å². The summed E-state index contributed by atoms with van der Waals surface area (Å²) in [6, 6.07) is 12.7. The number of fused-ring (bicyclic) bond motifs is 1. The van der Waals surface area contributed by atoms with Crippen LogP contribution < -0.4 is 10.2 Å². The Balaban J connectivity index is 1.63. The van der Waals surface area contributed by atoms with Crippen molar-refractivity contribution in [3.05, 3.63) is 36.4 Å². The zero-order chi connectivity index (χ0) is 16.4. The highest BCUT2D eigenvalue weighted by Crippen LogP contribution is 2.22. The molecule has 0 spiro atoms. The quantitative estimate of drug-likeness (QED) is 0.925. The van der Waals surface area contributed by atoms with Gasteiger partial charge in [0, 0.05) is 29.9 Å². The molecule has 1 fully saturated rings. The monoisotopic (exact) mass is 311 g/mol. The zero-order valence-electron chi connectivity index (χ0n) is 14.2. The molecule has 3 rings (SSSR count). The fraction of sp³-hybridized carbons (Fsp3) is 0.474. The topological polar surface area (TPSA) is 45.2 Å². The van der Waals surface area contributed by atoms with Crippen LogP contribution >= 0.6 is 0 Å². The fourth-order valence-electron chi connectivity index (χ4n) is 2.89. The average molecular weight is 311 g/mol. The molecule has 2 aromatic rings. The van der Waals surface area contributed by atoms with E-state index >= 15 is 0 Å². The number of anilines is 1. The molecule has 1 saturated heterocycles. The molecule has 4 nitrogen and oxygen atoms in total. The lowest BCUT2D eigenvalue weighted by molar-refractivity contribution is -0.129. The largest absolute Gasteiger partial charge is 0.356 e. The summed E-state index contributed by atoms with van der Waals surface area (Å²) in [5, 5.41) is 4.34. The van der Waals surface area contributed by atoms with E-state index in [1.165, 1.54) is 5.39 Å². The predicted molar refractivity (Wildman–Crippen MR) is 94.6 cm³/mol. The smallest absolute Gasteiger partial charge is 0.225 e. The van der Waals surface area contributed by atoms with E-state index in [-0.39, 0.29) is 17.4 Å². The molecule has 1 aliphatic rings. The molecule has 1 N–H and O–H groups in total. The lowest BCUT2D eigenvalue weighted by atomic mass is 9.94. The molecule has 2 heterocycles. The number of amides is 1. The van der Waals surface area contributed by atoms with Crippen molar-refractivity contribution < 1.29 is 4.79 Å². The molecule has 0 radical (unpaired) electrons. The molecule has 0 bridgehead atoms. The van der Waals surface area contributed by atoms with Crippen molar-refractivity contribution in [2.24, 2.45) is 5.41 Å². The van der Waals surface area contributed by atoms with Crippen molar-refractivity contribution in [2.75, 3.05) is 18.0 Å². The molecule has 1 amide bonds. The van der Waals surface area contributed by atoms with Crippen molar-refractivity contribution in [2.45, 2.75) is 39.7 Å². The molecule has 1 aromatic carbocycles. The summed E-state index contributed by atoms with van der Waals surface area (Å²) in [6.45, 7) is 7.73. The van der Waals surface area contributed by atoms with Gasteiger partial charge in [0.1, 0.15) is 5.82 Å². The van der Waals surface area contributed by atoms with E-state index in [0.29, 0.717) is 0 Å². The number of nitrogens with one attached hydrogen (secondary N) is 1. The summed E-state index contributed by atoms with van der Waals surface area (Å²) in [7, 11) is 0. The number of pyridine rings is 1. The Kier molecular flexibility index (Phi) is 4.24. The van der Waals surface area contributed by atoms with Gasteiger partial charge in [-0.3, -0.25) is 4.79 Å². The maximum absolute atomic E-state index is 12.1. The molecular weight excluding hydrogens is 286 g/mol. The highest BCUT2D eigenvalue weighted by Gasteiger charge is 2.26. The Morgan fingerprint density at radius 1 is 1.13 bits per heavy atom. The van der Waals surface area contributed by atoms with E-state index in [1.807, 2.05) is 32.9 Å². The van der Waals surface area contributed by atoms with Crippen molar-refractivity contribution in [1.29, 1.82) is 0 Å². The van der Waals surface area contributed by atoms with Crippen LogP contribution in [-0.2, 0) is 4.79 Å². The molecule has 4 heteroatoms. The number of carbonyl (C=O) groups excluding carboxylic acids is 1. The summed E-state index contributed by atoms with van der Waals surface area (Å²) in [5.41, 5.74) is 0.713. The number of benzene rings is 1. The molecule has 1 aliphatic heterocycles. The highest BCUT2D eigenvalue weighted by molar-refractivity contribution is 5.82. The Hall–Kier alpha value is -2.10. The number of aromatic nitrogens is 1. The minimum atomic E-state index is -0.322. The minimum absolute atomic E-state index is 0.139. The average Bonchev–Trinajstić information content (AvgIpc) is 2.54. The first-order valence-corrected chi connectivity index (χ1v) is 8.35. The molecule has 0 atom stereocenters. The summed E-state index contributed by atoms with van der Waals surface area (Å²) in [6.07, 6.45) is 1.94. The van der Waals surface area contributed by atoms with Gasteiger partial charge in [-0.15, -0.1) is 0 Å². The summed E-state index contributed by atoms with van der Waals surface area (Å²) in [5.74, 6) is 1.17. The van der Waals surface area contributed by atoms with Crippen molar-refractivity contribution in [3.63, 3.8) is 0 Å². The summed E-state index contributed by atoms with van der Waals surface area (Å²) >= 11 is 0. The lowest BCUT2D eigenvalue weighted by Gasteiger charge is -2.34. The Labute approximate surface area is 137 Å². The van der Waals surface area contributed by atoms with Gasteiger partial charge in [0.2, 0.25) is 5.91 Å². The SMILES string of the molecule is CC(C)(C)C(=O)NC1CCN(c2ccc3ccccc3n2)CC1. The lowest BCUT2D eigenvalue weighted by Crippen LogP contribution is -2.47. The first kappa shape index (κ1) is 15.8. The minimum Gasteiger partial charge on any atom is -0.356 e. The van der Waals surface area contributed by atoms with Crippen LogP contribution in [0.1, 0.15) is 33.6 Å². The van der Waals surface area contributed by atoms with E-state index in [2.05, 4.69) is 34.5 Å². The number of rotatable bonds is 2. The molecular formula is C19H25N3O. The Morgan fingerprint density at radius 2 is 1.83 bits per heavy atom. The number of carbonyl (C=O) groups is 1. The maximum Gasteiger partial charge on any atom is 0.225 e. The second-order valence-corrected chi connectivity index (χ2v) is 7.35. The van der Waals surface area contributed by atoms with Crippen LogP contribution in [0.2, 0.25) is 0 Å². The molecule has 122 valence electrons. The Bertz CT molecular complexity index is 697. The summed E-state index contributed by atoms with van der Waals surface area (Å²) < 4.78 is 0. The van der Waals surface area contributed by atoms with E-state index in [9.17, 15) is 4.79 Å². The number of para-hydroxylation sites is 1. The maximum atomic E-state index is 12.1. The number of piperidine rings is 1. The van der Waals surface area contributed by atoms with Gasteiger partial charge in [-0.1, -0.05) is 39.0 Å². The van der Waals surface area contributed by atoms with Crippen molar-refractivity contribution >= 4 is 22.6 Å². The number of hydrogen-bond donors (Lipinski definition) is 1. The van der Waals surface area contributed by atoms with Crippen LogP contribution in [0.25, 0.3) is 10.9 Å². The third-order valence-electron chi connectivity index (χ3n) is 4.42. The molecule has 0 unspecified atom stereocenters. The van der Waals surface area contributed by atoms with Gasteiger partial charge in [0.25, 0.3) is 0 Å².